The molecule has 0 spiro atoms. The van der Waals surface area contributed by atoms with Crippen LogP contribution in [-0.4, -0.2) is 25.0 Å². The lowest BCUT2D eigenvalue weighted by atomic mass is 10.1. The molecule has 1 aromatic rings. The van der Waals surface area contributed by atoms with Crippen molar-refractivity contribution in [2.75, 3.05) is 13.7 Å². The maximum Gasteiger partial charge on any atom is 0.165 e. The Kier molecular flexibility index (Phi) is 4.59. The number of nitrogens with zero attached hydrogens (tertiary/aromatic N) is 3. The Balaban J connectivity index is 3.08. The van der Waals surface area contributed by atoms with E-state index >= 15 is 0 Å². The van der Waals surface area contributed by atoms with Gasteiger partial charge in [0.05, 0.1) is 7.11 Å². The van der Waals surface area contributed by atoms with Gasteiger partial charge in [0, 0.05) is 22.6 Å². The molecule has 0 aliphatic heterocycles. The summed E-state index contributed by atoms with van der Waals surface area (Å²) in [7, 11) is 1.40. The van der Waals surface area contributed by atoms with Gasteiger partial charge >= 0.3 is 0 Å². The minimum atomic E-state index is -0.0599. The first kappa shape index (κ1) is 12.6. The zero-order valence-electron chi connectivity index (χ0n) is 9.20. The van der Waals surface area contributed by atoms with Gasteiger partial charge in [-0.15, -0.1) is 0 Å². The lowest BCUT2D eigenvalue weighted by molar-refractivity contribution is 0.112. The molecule has 0 aliphatic rings. The van der Waals surface area contributed by atoms with E-state index in [1.165, 1.54) is 19.2 Å². The highest BCUT2D eigenvalue weighted by molar-refractivity contribution is 5.79. The molecule has 0 heterocycles. The van der Waals surface area contributed by atoms with Crippen molar-refractivity contribution in [1.29, 1.82) is 0 Å². The number of aldehydes is 1. The molecule has 6 nitrogen and oxygen atoms in total. The Bertz CT molecular complexity index is 491. The van der Waals surface area contributed by atoms with Crippen LogP contribution in [0.3, 0.4) is 0 Å². The van der Waals surface area contributed by atoms with Crippen molar-refractivity contribution in [2.24, 2.45) is 5.11 Å². The number of ether oxygens (including phenoxy) is 1. The third-order valence-corrected chi connectivity index (χ3v) is 2.03. The monoisotopic (exact) mass is 233 g/mol. The van der Waals surface area contributed by atoms with Crippen molar-refractivity contribution in [3.05, 3.63) is 39.8 Å². The van der Waals surface area contributed by atoms with Gasteiger partial charge in [0.1, 0.15) is 6.29 Å². The number of aromatic hydroxyl groups is 1. The van der Waals surface area contributed by atoms with Crippen LogP contribution in [0.25, 0.3) is 16.5 Å². The zero-order chi connectivity index (χ0) is 12.7. The first-order valence-corrected chi connectivity index (χ1v) is 4.76. The number of carbonyl (C=O) groups excluding carboxylic acids is 1. The number of carbonyl (C=O) groups is 1. The fourth-order valence-electron chi connectivity index (χ4n) is 1.27. The average molecular weight is 233 g/mol. The molecule has 0 radical (unpaired) electrons. The molecule has 0 unspecified atom stereocenters. The molecule has 0 saturated heterocycles. The van der Waals surface area contributed by atoms with Gasteiger partial charge in [-0.2, -0.15) is 0 Å². The highest BCUT2D eigenvalue weighted by Gasteiger charge is 2.07. The number of methoxy groups -OCH3 is 1. The fraction of sp³-hybridized carbons (Fsp3) is 0.182. The van der Waals surface area contributed by atoms with Crippen LogP contribution in [0.15, 0.2) is 23.3 Å². The van der Waals surface area contributed by atoms with Crippen molar-refractivity contribution in [2.45, 2.75) is 0 Å². The lowest BCUT2D eigenvalue weighted by Crippen LogP contribution is -1.90. The minimum Gasteiger partial charge on any atom is -0.504 e. The topological polar surface area (TPSA) is 95.3 Å². The van der Waals surface area contributed by atoms with Gasteiger partial charge in [-0.25, -0.2) is 0 Å². The van der Waals surface area contributed by atoms with Gasteiger partial charge < -0.3 is 9.84 Å². The molecule has 0 aromatic heterocycles. The number of hydrogen-bond donors (Lipinski definition) is 1. The van der Waals surface area contributed by atoms with Crippen LogP contribution in [0.2, 0.25) is 0 Å². The highest BCUT2D eigenvalue weighted by atomic mass is 16.5. The van der Waals surface area contributed by atoms with Crippen molar-refractivity contribution in [3.63, 3.8) is 0 Å². The van der Waals surface area contributed by atoms with E-state index in [9.17, 15) is 9.90 Å². The minimum absolute atomic E-state index is 0.0599. The van der Waals surface area contributed by atoms with Crippen LogP contribution in [0.4, 0.5) is 0 Å². The first-order valence-electron chi connectivity index (χ1n) is 4.76. The van der Waals surface area contributed by atoms with E-state index in [0.717, 1.165) is 0 Å². The van der Waals surface area contributed by atoms with E-state index in [2.05, 4.69) is 10.0 Å². The molecule has 1 N–H and O–H groups in total. The summed E-state index contributed by atoms with van der Waals surface area (Å²) in [5.41, 5.74) is 8.91. The largest absolute Gasteiger partial charge is 0.504 e. The Morgan fingerprint density at radius 3 is 2.94 bits per heavy atom. The lowest BCUT2D eigenvalue weighted by Gasteiger charge is -2.07. The van der Waals surface area contributed by atoms with Crippen LogP contribution >= 0.6 is 0 Å². The van der Waals surface area contributed by atoms with Crippen LogP contribution in [0.5, 0.6) is 11.5 Å². The normalized spacial score (nSPS) is 9.94. The van der Waals surface area contributed by atoms with E-state index in [1.54, 1.807) is 12.2 Å². The van der Waals surface area contributed by atoms with E-state index in [-0.39, 0.29) is 18.0 Å². The number of hydrogen-bond acceptors (Lipinski definition) is 4. The fourth-order valence-corrected chi connectivity index (χ4v) is 1.27. The van der Waals surface area contributed by atoms with Gasteiger partial charge in [-0.3, -0.25) is 4.79 Å². The van der Waals surface area contributed by atoms with Crippen molar-refractivity contribution in [1.82, 2.24) is 0 Å². The van der Waals surface area contributed by atoms with Gasteiger partial charge in [0.25, 0.3) is 0 Å². The van der Waals surface area contributed by atoms with Crippen LogP contribution in [0.1, 0.15) is 15.9 Å². The molecule has 0 amide bonds. The number of benzene rings is 1. The molecule has 0 saturated carbocycles. The first-order chi connectivity index (χ1) is 8.22. The quantitative estimate of drug-likeness (QED) is 0.366. The number of azide groups is 1. The zero-order valence-corrected chi connectivity index (χ0v) is 9.20. The second kappa shape index (κ2) is 6.19. The summed E-state index contributed by atoms with van der Waals surface area (Å²) in [6, 6.07) is 2.95. The molecule has 0 atom stereocenters. The molecule has 17 heavy (non-hydrogen) atoms. The molecular formula is C11H11N3O3. The molecule has 0 aliphatic carbocycles. The number of rotatable bonds is 5. The third kappa shape index (κ3) is 3.25. The van der Waals surface area contributed by atoms with Crippen LogP contribution in [-0.2, 0) is 0 Å². The molecular weight excluding hydrogens is 222 g/mol. The molecule has 0 bridgehead atoms. The molecule has 6 heteroatoms. The average Bonchev–Trinajstić information content (AvgIpc) is 2.36. The van der Waals surface area contributed by atoms with Gasteiger partial charge in [0.2, 0.25) is 0 Å². The molecule has 1 rings (SSSR count). The second-order valence-corrected chi connectivity index (χ2v) is 3.09. The third-order valence-electron chi connectivity index (χ3n) is 2.03. The smallest absolute Gasteiger partial charge is 0.165 e. The predicted molar refractivity (Wildman–Crippen MR) is 63.1 cm³/mol. The Hall–Kier alpha value is -2.46. The highest BCUT2D eigenvalue weighted by Crippen LogP contribution is 2.31. The molecule has 1 aromatic carbocycles. The standard InChI is InChI=1S/C11H11N3O3/c1-17-10-6-8(7-15)5-9(11(10)16)3-2-4-13-14-12/h2-3,5-7,16H,4H2,1H3. The second-order valence-electron chi connectivity index (χ2n) is 3.09. The Morgan fingerprint density at radius 1 is 1.59 bits per heavy atom. The summed E-state index contributed by atoms with van der Waals surface area (Å²) >= 11 is 0. The van der Waals surface area contributed by atoms with Crippen molar-refractivity contribution in [3.8, 4) is 11.5 Å². The van der Waals surface area contributed by atoms with Crippen LogP contribution in [0, 0.1) is 0 Å². The maximum absolute atomic E-state index is 10.7. The molecule has 0 fully saturated rings. The summed E-state index contributed by atoms with van der Waals surface area (Å²) in [6.45, 7) is 0.170. The van der Waals surface area contributed by atoms with Gasteiger partial charge in [0.15, 0.2) is 11.5 Å². The van der Waals surface area contributed by atoms with E-state index < -0.39 is 0 Å². The van der Waals surface area contributed by atoms with Gasteiger partial charge in [-0.1, -0.05) is 17.3 Å². The Labute approximate surface area is 97.8 Å². The summed E-state index contributed by atoms with van der Waals surface area (Å²) in [5, 5.41) is 13.1. The maximum atomic E-state index is 10.7. The van der Waals surface area contributed by atoms with Crippen molar-refractivity contribution < 1.29 is 14.6 Å². The van der Waals surface area contributed by atoms with Gasteiger partial charge in [-0.05, 0) is 17.7 Å². The van der Waals surface area contributed by atoms with E-state index in [0.29, 0.717) is 17.4 Å². The number of phenols is 1. The summed E-state index contributed by atoms with van der Waals surface area (Å²) < 4.78 is 4.93. The SMILES string of the molecule is COc1cc(C=O)cc(C=CCN=[N+]=[N-])c1O. The van der Waals surface area contributed by atoms with Crippen molar-refractivity contribution >= 4 is 12.4 Å². The van der Waals surface area contributed by atoms with Crippen LogP contribution < -0.4 is 4.74 Å². The Morgan fingerprint density at radius 2 is 2.35 bits per heavy atom. The summed E-state index contributed by atoms with van der Waals surface area (Å²) in [5.74, 6) is 0.160. The van der Waals surface area contributed by atoms with E-state index in [1.807, 2.05) is 0 Å². The summed E-state index contributed by atoms with van der Waals surface area (Å²) in [6.07, 6.45) is 3.79. The van der Waals surface area contributed by atoms with E-state index in [4.69, 9.17) is 10.3 Å². The number of phenolic OH excluding ortho intramolecular Hbond substituents is 1. The summed E-state index contributed by atoms with van der Waals surface area (Å²) in [4.78, 5) is 13.3. The predicted octanol–water partition coefficient (Wildman–Crippen LogP) is 2.54. The molecule has 88 valence electrons.